The SMILES string of the molecule is CCn1c(=NC(=O)c2ccccc2C(=O)OC)sc2cc3c(cc21)OCCO3. The van der Waals surface area contributed by atoms with E-state index in [0.717, 1.165) is 10.2 Å². The molecule has 0 aliphatic carbocycles. The number of nitrogens with zero attached hydrogens (tertiary/aromatic N) is 2. The zero-order valence-electron chi connectivity index (χ0n) is 15.4. The van der Waals surface area contributed by atoms with Gasteiger partial charge in [0.25, 0.3) is 5.91 Å². The van der Waals surface area contributed by atoms with Crippen LogP contribution in [0.2, 0.25) is 0 Å². The summed E-state index contributed by atoms with van der Waals surface area (Å²) in [6.07, 6.45) is 0. The number of benzene rings is 2. The van der Waals surface area contributed by atoms with Gasteiger partial charge in [0.2, 0.25) is 0 Å². The van der Waals surface area contributed by atoms with Gasteiger partial charge >= 0.3 is 5.97 Å². The molecule has 7 nitrogen and oxygen atoms in total. The quantitative estimate of drug-likeness (QED) is 0.634. The summed E-state index contributed by atoms with van der Waals surface area (Å²) in [6.45, 7) is 3.63. The van der Waals surface area contributed by atoms with Gasteiger partial charge in [0.15, 0.2) is 16.3 Å². The predicted octanol–water partition coefficient (Wildman–Crippen LogP) is 3.02. The highest BCUT2D eigenvalue weighted by Gasteiger charge is 2.19. The molecule has 144 valence electrons. The highest BCUT2D eigenvalue weighted by Crippen LogP contribution is 2.35. The Hall–Kier alpha value is -3.13. The summed E-state index contributed by atoms with van der Waals surface area (Å²) in [4.78, 5) is 29.6. The maximum Gasteiger partial charge on any atom is 0.338 e. The summed E-state index contributed by atoms with van der Waals surface area (Å²) in [7, 11) is 1.28. The summed E-state index contributed by atoms with van der Waals surface area (Å²) in [5.74, 6) is 0.317. The second kappa shape index (κ2) is 7.47. The van der Waals surface area contributed by atoms with Crippen LogP contribution in [0.1, 0.15) is 27.6 Å². The van der Waals surface area contributed by atoms with Crippen LogP contribution < -0.4 is 14.3 Å². The van der Waals surface area contributed by atoms with E-state index in [0.29, 0.717) is 36.1 Å². The van der Waals surface area contributed by atoms with Crippen LogP contribution in [-0.4, -0.2) is 36.8 Å². The van der Waals surface area contributed by atoms with Crippen LogP contribution in [0.3, 0.4) is 0 Å². The minimum Gasteiger partial charge on any atom is -0.486 e. The van der Waals surface area contributed by atoms with Gasteiger partial charge in [-0.05, 0) is 19.1 Å². The fourth-order valence-electron chi connectivity index (χ4n) is 3.10. The molecule has 2 heterocycles. The third-order valence-corrected chi connectivity index (χ3v) is 5.46. The molecule has 3 aromatic rings. The van der Waals surface area contributed by atoms with Crippen molar-refractivity contribution in [1.29, 1.82) is 0 Å². The number of hydrogen-bond acceptors (Lipinski definition) is 6. The maximum absolute atomic E-state index is 12.8. The summed E-state index contributed by atoms with van der Waals surface area (Å²) in [6, 6.07) is 10.3. The number of ether oxygens (including phenoxy) is 3. The minimum absolute atomic E-state index is 0.195. The largest absolute Gasteiger partial charge is 0.486 e. The van der Waals surface area contributed by atoms with E-state index in [9.17, 15) is 9.59 Å². The van der Waals surface area contributed by atoms with Crippen LogP contribution >= 0.6 is 11.3 Å². The van der Waals surface area contributed by atoms with Gasteiger partial charge in [-0.3, -0.25) is 4.79 Å². The molecule has 0 bridgehead atoms. The molecule has 0 N–H and O–H groups in total. The number of carbonyl (C=O) groups excluding carboxylic acids is 2. The molecule has 1 aliphatic rings. The molecular formula is C20H18N2O5S. The number of aryl methyl sites for hydroxylation is 1. The first-order valence-corrected chi connectivity index (χ1v) is 9.63. The molecule has 0 spiro atoms. The number of rotatable bonds is 3. The molecule has 28 heavy (non-hydrogen) atoms. The van der Waals surface area contributed by atoms with Crippen LogP contribution in [0.25, 0.3) is 10.2 Å². The standard InChI is InChI=1S/C20H18N2O5S/c1-3-22-14-10-15-16(27-9-8-26-15)11-17(14)28-20(22)21-18(23)12-6-4-5-7-13(12)19(24)25-2/h4-7,10-11H,3,8-9H2,1-2H3. The smallest absolute Gasteiger partial charge is 0.338 e. The lowest BCUT2D eigenvalue weighted by Crippen LogP contribution is -2.18. The lowest BCUT2D eigenvalue weighted by Gasteiger charge is -2.18. The average molecular weight is 398 g/mol. The van der Waals surface area contributed by atoms with Gasteiger partial charge < -0.3 is 18.8 Å². The van der Waals surface area contributed by atoms with E-state index in [1.807, 2.05) is 23.6 Å². The van der Waals surface area contributed by atoms with E-state index in [-0.39, 0.29) is 11.1 Å². The third-order valence-electron chi connectivity index (χ3n) is 4.42. The van der Waals surface area contributed by atoms with Gasteiger partial charge in [0, 0.05) is 18.7 Å². The number of thiazole rings is 1. The molecule has 8 heteroatoms. The second-order valence-electron chi connectivity index (χ2n) is 6.05. The normalized spacial score (nSPS) is 13.6. The van der Waals surface area contributed by atoms with Gasteiger partial charge in [0.1, 0.15) is 13.2 Å². The Morgan fingerprint density at radius 3 is 2.50 bits per heavy atom. The summed E-state index contributed by atoms with van der Waals surface area (Å²) >= 11 is 1.39. The van der Waals surface area contributed by atoms with E-state index in [4.69, 9.17) is 14.2 Å². The molecule has 0 atom stereocenters. The van der Waals surface area contributed by atoms with Crippen LogP contribution in [0.5, 0.6) is 11.5 Å². The van der Waals surface area contributed by atoms with Crippen molar-refractivity contribution >= 4 is 33.4 Å². The maximum atomic E-state index is 12.8. The number of fused-ring (bicyclic) bond motifs is 2. The Balaban J connectivity index is 1.84. The molecular weight excluding hydrogens is 380 g/mol. The van der Waals surface area contributed by atoms with Gasteiger partial charge in [-0.2, -0.15) is 4.99 Å². The molecule has 0 radical (unpaired) electrons. The monoisotopic (exact) mass is 398 g/mol. The fraction of sp³-hybridized carbons (Fsp3) is 0.250. The third kappa shape index (κ3) is 3.16. The molecule has 0 saturated heterocycles. The zero-order chi connectivity index (χ0) is 19.7. The average Bonchev–Trinajstić information content (AvgIpc) is 3.06. The van der Waals surface area contributed by atoms with Crippen molar-refractivity contribution in [3.05, 3.63) is 52.3 Å². The zero-order valence-corrected chi connectivity index (χ0v) is 16.2. The first-order chi connectivity index (χ1) is 13.6. The highest BCUT2D eigenvalue weighted by atomic mass is 32.1. The fourth-order valence-corrected chi connectivity index (χ4v) is 4.20. The van der Waals surface area contributed by atoms with E-state index in [1.165, 1.54) is 18.4 Å². The van der Waals surface area contributed by atoms with Crippen molar-refractivity contribution in [2.75, 3.05) is 20.3 Å². The van der Waals surface area contributed by atoms with Crippen molar-refractivity contribution < 1.29 is 23.8 Å². The second-order valence-corrected chi connectivity index (χ2v) is 7.06. The Morgan fingerprint density at radius 1 is 1.14 bits per heavy atom. The van der Waals surface area contributed by atoms with E-state index in [2.05, 4.69) is 4.99 Å². The minimum atomic E-state index is -0.569. The van der Waals surface area contributed by atoms with E-state index < -0.39 is 11.9 Å². The molecule has 0 unspecified atom stereocenters. The van der Waals surface area contributed by atoms with Crippen LogP contribution in [0.4, 0.5) is 0 Å². The molecule has 1 aliphatic heterocycles. The molecule has 1 aromatic heterocycles. The van der Waals surface area contributed by atoms with Crippen molar-refractivity contribution in [1.82, 2.24) is 4.57 Å². The number of amides is 1. The van der Waals surface area contributed by atoms with Crippen molar-refractivity contribution in [2.24, 2.45) is 4.99 Å². The number of hydrogen-bond donors (Lipinski definition) is 0. The lowest BCUT2D eigenvalue weighted by molar-refractivity contribution is 0.0597. The van der Waals surface area contributed by atoms with Crippen LogP contribution in [0.15, 0.2) is 41.4 Å². The first-order valence-electron chi connectivity index (χ1n) is 8.81. The number of aromatic nitrogens is 1. The van der Waals surface area contributed by atoms with Gasteiger partial charge in [-0.15, -0.1) is 0 Å². The summed E-state index contributed by atoms with van der Waals surface area (Å²) in [5.41, 5.74) is 1.32. The Morgan fingerprint density at radius 2 is 1.82 bits per heavy atom. The van der Waals surface area contributed by atoms with Gasteiger partial charge in [-0.1, -0.05) is 23.5 Å². The van der Waals surface area contributed by atoms with Crippen LogP contribution in [0, 0.1) is 0 Å². The summed E-state index contributed by atoms with van der Waals surface area (Å²) < 4.78 is 19.0. The van der Waals surface area contributed by atoms with Crippen molar-refractivity contribution in [2.45, 2.75) is 13.5 Å². The Bertz CT molecular complexity index is 1150. The number of esters is 1. The van der Waals surface area contributed by atoms with Crippen molar-refractivity contribution in [3.8, 4) is 11.5 Å². The topological polar surface area (TPSA) is 79.1 Å². The molecule has 4 rings (SSSR count). The molecule has 1 amide bonds. The Kier molecular flexibility index (Phi) is 4.87. The summed E-state index contributed by atoms with van der Waals surface area (Å²) in [5, 5.41) is 0. The highest BCUT2D eigenvalue weighted by molar-refractivity contribution is 7.16. The van der Waals surface area contributed by atoms with E-state index >= 15 is 0 Å². The Labute approximate surface area is 164 Å². The first kappa shape index (κ1) is 18.2. The van der Waals surface area contributed by atoms with E-state index in [1.54, 1.807) is 24.3 Å². The van der Waals surface area contributed by atoms with Crippen LogP contribution in [-0.2, 0) is 11.3 Å². The molecule has 2 aromatic carbocycles. The molecule has 0 saturated carbocycles. The van der Waals surface area contributed by atoms with Gasteiger partial charge in [0.05, 0.1) is 28.5 Å². The van der Waals surface area contributed by atoms with Crippen molar-refractivity contribution in [3.63, 3.8) is 0 Å². The number of carbonyl (C=O) groups is 2. The van der Waals surface area contributed by atoms with Gasteiger partial charge in [-0.25, -0.2) is 4.79 Å². The molecule has 0 fully saturated rings. The predicted molar refractivity (Wildman–Crippen MR) is 104 cm³/mol. The lowest BCUT2D eigenvalue weighted by atomic mass is 10.1. The number of methoxy groups -OCH3 is 1.